The van der Waals surface area contributed by atoms with Gasteiger partial charge in [0.05, 0.1) is 11.7 Å². The molecule has 0 saturated carbocycles. The van der Waals surface area contributed by atoms with Crippen LogP contribution in [0.5, 0.6) is 0 Å². The largest absolute Gasteiger partial charge is 0.444 e. The summed E-state index contributed by atoms with van der Waals surface area (Å²) in [6, 6.07) is 3.99. The van der Waals surface area contributed by atoms with Crippen molar-refractivity contribution < 1.29 is 18.7 Å². The number of ether oxygens (including phenoxy) is 1. The Morgan fingerprint density at radius 2 is 1.89 bits per heavy atom. The Morgan fingerprint density at radius 3 is 2.43 bits per heavy atom. The van der Waals surface area contributed by atoms with Gasteiger partial charge in [0.25, 0.3) is 0 Å². The fourth-order valence-corrected chi connectivity index (χ4v) is 2.97. The van der Waals surface area contributed by atoms with Crippen molar-refractivity contribution in [3.05, 3.63) is 24.0 Å². The van der Waals surface area contributed by atoms with Crippen molar-refractivity contribution in [1.29, 1.82) is 0 Å². The number of hydrogen-bond acceptors (Lipinski definition) is 5. The second kappa shape index (κ2) is 9.23. The quantitative estimate of drug-likeness (QED) is 0.802. The Morgan fingerprint density at radius 1 is 1.25 bits per heavy atom. The topological polar surface area (TPSA) is 87.9 Å². The van der Waals surface area contributed by atoms with E-state index in [1.54, 1.807) is 17.0 Å². The summed E-state index contributed by atoms with van der Waals surface area (Å²) in [6.07, 6.45) is 1.03. The van der Waals surface area contributed by atoms with E-state index in [-0.39, 0.29) is 12.0 Å². The zero-order valence-electron chi connectivity index (χ0n) is 17.1. The molecule has 1 aliphatic heterocycles. The first-order valence-corrected chi connectivity index (χ1v) is 9.69. The van der Waals surface area contributed by atoms with Gasteiger partial charge in [-0.15, -0.1) is 0 Å². The Balaban J connectivity index is 1.95. The smallest absolute Gasteiger partial charge is 0.410 e. The molecule has 3 N–H and O–H groups in total. The molecular weight excluding hydrogens is 363 g/mol. The molecule has 1 heterocycles. The van der Waals surface area contributed by atoms with Gasteiger partial charge < -0.3 is 25.6 Å². The summed E-state index contributed by atoms with van der Waals surface area (Å²) in [6.45, 7) is 9.35. The lowest BCUT2D eigenvalue weighted by atomic mass is 10.1. The van der Waals surface area contributed by atoms with E-state index in [1.807, 2.05) is 32.6 Å². The van der Waals surface area contributed by atoms with Crippen LogP contribution in [-0.4, -0.2) is 54.7 Å². The summed E-state index contributed by atoms with van der Waals surface area (Å²) in [5.74, 6) is -0.743. The van der Waals surface area contributed by atoms with Gasteiger partial charge in [0.15, 0.2) is 0 Å². The average Bonchev–Trinajstić information content (AvgIpc) is 2.61. The van der Waals surface area contributed by atoms with Crippen LogP contribution >= 0.6 is 0 Å². The zero-order chi connectivity index (χ0) is 20.9. The van der Waals surface area contributed by atoms with Gasteiger partial charge in [-0.2, -0.15) is 0 Å². The molecule has 1 atom stereocenters. The molecule has 1 fully saturated rings. The predicted octanol–water partition coefficient (Wildman–Crippen LogP) is 2.95. The van der Waals surface area contributed by atoms with Gasteiger partial charge in [-0.3, -0.25) is 4.79 Å². The minimum Gasteiger partial charge on any atom is -0.444 e. The lowest BCUT2D eigenvalue weighted by Gasteiger charge is -2.36. The van der Waals surface area contributed by atoms with Crippen molar-refractivity contribution in [3.63, 3.8) is 0 Å². The molecule has 156 valence electrons. The number of amides is 2. The summed E-state index contributed by atoms with van der Waals surface area (Å²) < 4.78 is 20.0. The molecule has 28 heavy (non-hydrogen) atoms. The molecule has 1 aromatic carbocycles. The number of piperazine rings is 1. The summed E-state index contributed by atoms with van der Waals surface area (Å²) in [7, 11) is 0. The van der Waals surface area contributed by atoms with Crippen LogP contribution in [-0.2, 0) is 9.53 Å². The highest BCUT2D eigenvalue weighted by molar-refractivity contribution is 5.94. The molecule has 2 rings (SSSR count). The summed E-state index contributed by atoms with van der Waals surface area (Å²) in [5.41, 5.74) is 6.06. The number of hydrogen-bond donors (Lipinski definition) is 2. The van der Waals surface area contributed by atoms with Crippen LogP contribution in [0.15, 0.2) is 18.2 Å². The second-order valence-corrected chi connectivity index (χ2v) is 8.01. The van der Waals surface area contributed by atoms with E-state index < -0.39 is 17.5 Å². The maximum atomic E-state index is 14.6. The Hall–Kier alpha value is -2.35. The number of rotatable bonds is 5. The van der Waals surface area contributed by atoms with Crippen LogP contribution in [0.1, 0.15) is 40.5 Å². The molecule has 0 spiro atoms. The van der Waals surface area contributed by atoms with Crippen LogP contribution in [0.2, 0.25) is 0 Å². The fourth-order valence-electron chi connectivity index (χ4n) is 2.97. The minimum absolute atomic E-state index is 0.319. The second-order valence-electron chi connectivity index (χ2n) is 8.01. The van der Waals surface area contributed by atoms with Gasteiger partial charge in [0, 0.05) is 31.9 Å². The van der Waals surface area contributed by atoms with E-state index in [0.717, 1.165) is 6.42 Å². The number of anilines is 2. The maximum absolute atomic E-state index is 14.6. The van der Waals surface area contributed by atoms with Crippen LogP contribution < -0.4 is 16.0 Å². The van der Waals surface area contributed by atoms with E-state index >= 15 is 0 Å². The number of nitrogens with two attached hydrogens (primary N) is 1. The average molecular weight is 394 g/mol. The molecule has 0 aromatic heterocycles. The third kappa shape index (κ3) is 6.09. The molecule has 1 aromatic rings. The number of nitrogens with zero attached hydrogens (tertiary/aromatic N) is 2. The molecule has 7 nitrogen and oxygen atoms in total. The standard InChI is InChI=1S/C20H31FN4O3/c1-5-6-16(22)18(26)23-14-7-8-17(15(21)13-14)24-9-11-25(12-10-24)19(27)28-20(2,3)4/h7-8,13,16H,5-6,9-12,22H2,1-4H3,(H,23,26). The van der Waals surface area contributed by atoms with E-state index in [9.17, 15) is 14.0 Å². The van der Waals surface area contributed by atoms with Gasteiger partial charge in [-0.25, -0.2) is 9.18 Å². The van der Waals surface area contributed by atoms with Crippen molar-refractivity contribution >= 4 is 23.4 Å². The van der Waals surface area contributed by atoms with Crippen LogP contribution in [0.4, 0.5) is 20.6 Å². The first-order chi connectivity index (χ1) is 13.1. The molecule has 1 saturated heterocycles. The Labute approximate surface area is 166 Å². The van der Waals surface area contributed by atoms with Crippen molar-refractivity contribution in [2.24, 2.45) is 5.73 Å². The molecule has 0 radical (unpaired) electrons. The van der Waals surface area contributed by atoms with Gasteiger partial charge in [0.1, 0.15) is 11.4 Å². The van der Waals surface area contributed by atoms with E-state index in [1.165, 1.54) is 6.07 Å². The molecule has 0 bridgehead atoms. The number of halogens is 1. The molecule has 0 aliphatic carbocycles. The van der Waals surface area contributed by atoms with Crippen LogP contribution in [0, 0.1) is 5.82 Å². The molecule has 1 unspecified atom stereocenters. The van der Waals surface area contributed by atoms with Crippen molar-refractivity contribution in [2.75, 3.05) is 36.4 Å². The SMILES string of the molecule is CCCC(N)C(=O)Nc1ccc(N2CCN(C(=O)OC(C)(C)C)CC2)c(F)c1. The van der Waals surface area contributed by atoms with E-state index in [2.05, 4.69) is 5.32 Å². The summed E-state index contributed by atoms with van der Waals surface area (Å²) in [5, 5.41) is 2.65. The first kappa shape index (κ1) is 21.9. The van der Waals surface area contributed by atoms with Crippen molar-refractivity contribution in [2.45, 2.75) is 52.2 Å². The lowest BCUT2D eigenvalue weighted by Crippen LogP contribution is -2.50. The van der Waals surface area contributed by atoms with Gasteiger partial charge in [-0.1, -0.05) is 13.3 Å². The van der Waals surface area contributed by atoms with Crippen LogP contribution in [0.3, 0.4) is 0 Å². The number of nitrogens with one attached hydrogen (secondary N) is 1. The fraction of sp³-hybridized carbons (Fsp3) is 0.600. The monoisotopic (exact) mass is 394 g/mol. The number of carbonyl (C=O) groups is 2. The summed E-state index contributed by atoms with van der Waals surface area (Å²) in [4.78, 5) is 27.6. The van der Waals surface area contributed by atoms with Gasteiger partial charge >= 0.3 is 6.09 Å². The van der Waals surface area contributed by atoms with Gasteiger partial charge in [0.2, 0.25) is 5.91 Å². The van der Waals surface area contributed by atoms with Crippen molar-refractivity contribution in [1.82, 2.24) is 4.90 Å². The zero-order valence-corrected chi connectivity index (χ0v) is 17.1. The van der Waals surface area contributed by atoms with Crippen LogP contribution in [0.25, 0.3) is 0 Å². The highest BCUT2D eigenvalue weighted by Crippen LogP contribution is 2.24. The molecular formula is C20H31FN4O3. The Bertz CT molecular complexity index is 697. The highest BCUT2D eigenvalue weighted by Gasteiger charge is 2.27. The molecule has 8 heteroatoms. The highest BCUT2D eigenvalue weighted by atomic mass is 19.1. The number of carbonyl (C=O) groups excluding carboxylic acids is 2. The molecule has 2 amide bonds. The van der Waals surface area contributed by atoms with Crippen molar-refractivity contribution in [3.8, 4) is 0 Å². The minimum atomic E-state index is -0.603. The molecule has 1 aliphatic rings. The first-order valence-electron chi connectivity index (χ1n) is 9.69. The third-order valence-electron chi connectivity index (χ3n) is 4.42. The third-order valence-corrected chi connectivity index (χ3v) is 4.42. The van der Waals surface area contributed by atoms with E-state index in [0.29, 0.717) is 44.0 Å². The summed E-state index contributed by atoms with van der Waals surface area (Å²) >= 11 is 0. The lowest BCUT2D eigenvalue weighted by molar-refractivity contribution is -0.117. The number of benzene rings is 1. The predicted molar refractivity (Wildman–Crippen MR) is 108 cm³/mol. The van der Waals surface area contributed by atoms with E-state index in [4.69, 9.17) is 10.5 Å². The maximum Gasteiger partial charge on any atom is 0.410 e. The normalized spacial score (nSPS) is 15.9. The Kier molecular flexibility index (Phi) is 7.23. The van der Waals surface area contributed by atoms with Gasteiger partial charge in [-0.05, 0) is 45.4 Å².